The van der Waals surface area contributed by atoms with Gasteiger partial charge in [-0.05, 0) is 62.1 Å². The summed E-state index contributed by atoms with van der Waals surface area (Å²) in [6.45, 7) is 5.87. The summed E-state index contributed by atoms with van der Waals surface area (Å²) in [6.07, 6.45) is 3.78. The highest BCUT2D eigenvalue weighted by Crippen LogP contribution is 2.32. The Morgan fingerprint density at radius 3 is 2.74 bits per heavy atom. The Balaban J connectivity index is 1.26. The Morgan fingerprint density at radius 1 is 1.18 bits per heavy atom. The molecule has 1 atom stereocenters. The average Bonchev–Trinajstić information content (AvgIpc) is 3.47. The molecule has 0 saturated heterocycles. The van der Waals surface area contributed by atoms with Crippen LogP contribution in [0.25, 0.3) is 11.4 Å². The molecule has 2 aromatic carbocycles. The molecule has 0 amide bonds. The first-order chi connectivity index (χ1) is 16.5. The predicted molar refractivity (Wildman–Crippen MR) is 136 cm³/mol. The van der Waals surface area contributed by atoms with Gasteiger partial charge in [-0.25, -0.2) is 14.4 Å². The summed E-state index contributed by atoms with van der Waals surface area (Å²) in [5.41, 5.74) is 5.03. The second kappa shape index (κ2) is 11.3. The standard InChI is InChI=1S/C26H30FN5OS/c1-17(13-28-15-19-5-7-20(27)8-6-19)4-9-22-16-34-26(32-22)31-21-10-11-23(24(12-21)33-3)25-29-14-18(2)30-25/h5-8,10-12,14,16-17,28H,4,9,13,15H2,1-3H3,(H,29,30)(H,31,32)/t17-/m0/s1. The van der Waals surface area contributed by atoms with Crippen molar-refractivity contribution in [3.8, 4) is 17.1 Å². The zero-order valence-electron chi connectivity index (χ0n) is 19.7. The van der Waals surface area contributed by atoms with E-state index in [1.54, 1.807) is 24.6 Å². The molecule has 0 bridgehead atoms. The number of methoxy groups -OCH3 is 1. The normalized spacial score (nSPS) is 12.0. The van der Waals surface area contributed by atoms with Crippen LogP contribution in [-0.2, 0) is 13.0 Å². The lowest BCUT2D eigenvalue weighted by atomic mass is 10.0. The first kappa shape index (κ1) is 23.9. The highest BCUT2D eigenvalue weighted by molar-refractivity contribution is 7.13. The van der Waals surface area contributed by atoms with Gasteiger partial charge in [-0.3, -0.25) is 0 Å². The number of H-pyrrole nitrogens is 1. The molecule has 4 rings (SSSR count). The van der Waals surface area contributed by atoms with Crippen LogP contribution in [0.5, 0.6) is 5.75 Å². The third-order valence-electron chi connectivity index (χ3n) is 5.59. The van der Waals surface area contributed by atoms with Crippen LogP contribution in [0.1, 0.15) is 30.3 Å². The molecule has 2 aromatic heterocycles. The zero-order valence-corrected chi connectivity index (χ0v) is 20.5. The minimum atomic E-state index is -0.200. The van der Waals surface area contributed by atoms with E-state index in [1.807, 2.05) is 37.3 Å². The van der Waals surface area contributed by atoms with E-state index in [0.29, 0.717) is 5.92 Å². The molecular weight excluding hydrogens is 449 g/mol. The summed E-state index contributed by atoms with van der Waals surface area (Å²) in [7, 11) is 1.66. The van der Waals surface area contributed by atoms with Gasteiger partial charge in [0.2, 0.25) is 0 Å². The highest BCUT2D eigenvalue weighted by Gasteiger charge is 2.11. The van der Waals surface area contributed by atoms with Crippen molar-refractivity contribution < 1.29 is 9.13 Å². The summed E-state index contributed by atoms with van der Waals surface area (Å²) < 4.78 is 18.6. The SMILES string of the molecule is COc1cc(Nc2nc(CC[C@H](C)CNCc3ccc(F)cc3)cs2)ccc1-c1ncc(C)[nH]1. The van der Waals surface area contributed by atoms with Gasteiger partial charge in [-0.15, -0.1) is 11.3 Å². The Kier molecular flexibility index (Phi) is 7.92. The van der Waals surface area contributed by atoms with Crippen molar-refractivity contribution in [3.05, 3.63) is 76.8 Å². The van der Waals surface area contributed by atoms with Crippen LogP contribution in [0, 0.1) is 18.7 Å². The van der Waals surface area contributed by atoms with E-state index in [1.165, 1.54) is 12.1 Å². The molecule has 0 fully saturated rings. The summed E-state index contributed by atoms with van der Waals surface area (Å²) in [5, 5.41) is 9.81. The van der Waals surface area contributed by atoms with Crippen molar-refractivity contribution >= 4 is 22.2 Å². The van der Waals surface area contributed by atoms with E-state index in [9.17, 15) is 4.39 Å². The van der Waals surface area contributed by atoms with Gasteiger partial charge >= 0.3 is 0 Å². The van der Waals surface area contributed by atoms with Crippen LogP contribution in [-0.4, -0.2) is 28.6 Å². The number of ether oxygens (including phenoxy) is 1. The largest absolute Gasteiger partial charge is 0.496 e. The van der Waals surface area contributed by atoms with Gasteiger partial charge in [0.1, 0.15) is 17.4 Å². The van der Waals surface area contributed by atoms with Gasteiger partial charge in [0, 0.05) is 35.6 Å². The fourth-order valence-electron chi connectivity index (χ4n) is 3.68. The van der Waals surface area contributed by atoms with E-state index < -0.39 is 0 Å². The minimum Gasteiger partial charge on any atom is -0.496 e. The lowest BCUT2D eigenvalue weighted by molar-refractivity contribution is 0.416. The monoisotopic (exact) mass is 479 g/mol. The molecule has 2 heterocycles. The smallest absolute Gasteiger partial charge is 0.187 e. The van der Waals surface area contributed by atoms with Crippen molar-refractivity contribution in [1.82, 2.24) is 20.3 Å². The first-order valence-corrected chi connectivity index (χ1v) is 12.2. The molecular formula is C26H30FN5OS. The molecule has 0 unspecified atom stereocenters. The Hall–Kier alpha value is -3.23. The Labute approximate surface area is 203 Å². The van der Waals surface area contributed by atoms with Crippen molar-refractivity contribution in [2.24, 2.45) is 5.92 Å². The maximum absolute atomic E-state index is 13.0. The zero-order chi connectivity index (χ0) is 23.9. The third kappa shape index (κ3) is 6.42. The molecule has 178 valence electrons. The fraction of sp³-hybridized carbons (Fsp3) is 0.308. The Morgan fingerprint density at radius 2 is 2.00 bits per heavy atom. The van der Waals surface area contributed by atoms with Crippen molar-refractivity contribution in [2.45, 2.75) is 33.2 Å². The number of hydrogen-bond acceptors (Lipinski definition) is 6. The number of hydrogen-bond donors (Lipinski definition) is 3. The number of aromatic nitrogens is 3. The highest BCUT2D eigenvalue weighted by atomic mass is 32.1. The van der Waals surface area contributed by atoms with E-state index >= 15 is 0 Å². The van der Waals surface area contributed by atoms with Crippen LogP contribution in [0.2, 0.25) is 0 Å². The molecule has 0 radical (unpaired) electrons. The summed E-state index contributed by atoms with van der Waals surface area (Å²) in [5.74, 6) is 1.85. The van der Waals surface area contributed by atoms with Gasteiger partial charge in [0.15, 0.2) is 5.13 Å². The van der Waals surface area contributed by atoms with Gasteiger partial charge in [0.05, 0.1) is 18.4 Å². The predicted octanol–water partition coefficient (Wildman–Crippen LogP) is 6.09. The number of thiazole rings is 1. The fourth-order valence-corrected chi connectivity index (χ4v) is 4.44. The van der Waals surface area contributed by atoms with Crippen LogP contribution < -0.4 is 15.4 Å². The molecule has 0 saturated carbocycles. The molecule has 34 heavy (non-hydrogen) atoms. The van der Waals surface area contributed by atoms with Gasteiger partial charge in [-0.2, -0.15) is 0 Å². The number of aryl methyl sites for hydroxylation is 2. The number of benzene rings is 2. The van der Waals surface area contributed by atoms with Crippen molar-refractivity contribution in [3.63, 3.8) is 0 Å². The quantitative estimate of drug-likeness (QED) is 0.243. The van der Waals surface area contributed by atoms with E-state index in [-0.39, 0.29) is 5.82 Å². The second-order valence-electron chi connectivity index (χ2n) is 8.50. The number of anilines is 2. The minimum absolute atomic E-state index is 0.200. The third-order valence-corrected chi connectivity index (χ3v) is 6.40. The number of halogens is 1. The van der Waals surface area contributed by atoms with Gasteiger partial charge in [0.25, 0.3) is 0 Å². The second-order valence-corrected chi connectivity index (χ2v) is 9.36. The molecule has 0 aliphatic carbocycles. The summed E-state index contributed by atoms with van der Waals surface area (Å²) >= 11 is 1.60. The topological polar surface area (TPSA) is 74.9 Å². The molecule has 0 aliphatic rings. The molecule has 0 aliphatic heterocycles. The molecule has 8 heteroatoms. The molecule has 6 nitrogen and oxygen atoms in total. The van der Waals surface area contributed by atoms with Crippen LogP contribution >= 0.6 is 11.3 Å². The van der Waals surface area contributed by atoms with E-state index in [0.717, 1.165) is 70.8 Å². The maximum atomic E-state index is 13.0. The number of rotatable bonds is 11. The Bertz CT molecular complexity index is 1200. The van der Waals surface area contributed by atoms with E-state index in [2.05, 4.69) is 32.9 Å². The molecule has 0 spiro atoms. The lowest BCUT2D eigenvalue weighted by Gasteiger charge is -2.12. The maximum Gasteiger partial charge on any atom is 0.187 e. The van der Waals surface area contributed by atoms with Crippen molar-refractivity contribution in [1.29, 1.82) is 0 Å². The molecule has 3 N–H and O–H groups in total. The lowest BCUT2D eigenvalue weighted by Crippen LogP contribution is -2.21. The number of imidazole rings is 1. The van der Waals surface area contributed by atoms with Gasteiger partial charge in [-0.1, -0.05) is 19.1 Å². The first-order valence-electron chi connectivity index (χ1n) is 11.4. The van der Waals surface area contributed by atoms with Crippen LogP contribution in [0.15, 0.2) is 54.0 Å². The van der Waals surface area contributed by atoms with Crippen LogP contribution in [0.4, 0.5) is 15.2 Å². The number of aromatic amines is 1. The van der Waals surface area contributed by atoms with Crippen LogP contribution in [0.3, 0.4) is 0 Å². The summed E-state index contributed by atoms with van der Waals surface area (Å²) in [4.78, 5) is 12.4. The van der Waals surface area contributed by atoms with Gasteiger partial charge < -0.3 is 20.4 Å². The number of nitrogens with one attached hydrogen (secondary N) is 3. The van der Waals surface area contributed by atoms with Crippen molar-refractivity contribution in [2.75, 3.05) is 19.0 Å². The summed E-state index contributed by atoms with van der Waals surface area (Å²) in [6, 6.07) is 12.6. The average molecular weight is 480 g/mol. The molecule has 4 aromatic rings. The van der Waals surface area contributed by atoms with E-state index in [4.69, 9.17) is 9.72 Å². The number of nitrogens with zero attached hydrogens (tertiary/aromatic N) is 2.